The maximum atomic E-state index is 10.7. The van der Waals surface area contributed by atoms with Crippen molar-refractivity contribution in [1.82, 2.24) is 0 Å². The molecule has 70 valence electrons. The number of alkyl halides is 1. The molecule has 0 unspecified atom stereocenters. The molecule has 0 bridgehead atoms. The molecule has 0 saturated carbocycles. The third-order valence-corrected chi connectivity index (χ3v) is 1.53. The number of hydrogen-bond donors (Lipinski definition) is 2. The molecule has 0 aliphatic carbocycles. The fourth-order valence-electron chi connectivity index (χ4n) is 0.503. The fraction of sp³-hybridized carbons (Fsp3) is 0.667. The molecule has 6 heteroatoms. The Morgan fingerprint density at radius 3 is 2.50 bits per heavy atom. The zero-order chi connectivity index (χ0) is 9.72. The number of amides is 1. The number of carbonyl (C=O) groups excluding carboxylic acids is 2. The lowest BCUT2D eigenvalue weighted by Crippen LogP contribution is -2.40. The zero-order valence-corrected chi connectivity index (χ0v) is 7.25. The summed E-state index contributed by atoms with van der Waals surface area (Å²) >= 11 is 5.27. The van der Waals surface area contributed by atoms with Crippen LogP contribution in [0.1, 0.15) is 6.92 Å². The fourth-order valence-corrected chi connectivity index (χ4v) is 0.606. The van der Waals surface area contributed by atoms with Crippen molar-refractivity contribution < 1.29 is 19.4 Å². The summed E-state index contributed by atoms with van der Waals surface area (Å²) in [7, 11) is 0. The number of esters is 1. The number of primary amides is 1. The maximum absolute atomic E-state index is 10.7. The second kappa shape index (κ2) is 4.95. The first kappa shape index (κ1) is 11.2. The van der Waals surface area contributed by atoms with Crippen molar-refractivity contribution in [3.05, 3.63) is 0 Å². The number of nitrogens with two attached hydrogens (primary N) is 1. The number of aliphatic hydroxyl groups excluding tert-OH is 1. The largest absolute Gasteiger partial charge is 0.464 e. The van der Waals surface area contributed by atoms with E-state index in [1.165, 1.54) is 0 Å². The van der Waals surface area contributed by atoms with E-state index >= 15 is 0 Å². The zero-order valence-electron chi connectivity index (χ0n) is 6.49. The van der Waals surface area contributed by atoms with Crippen LogP contribution in [0.4, 0.5) is 0 Å². The molecule has 0 heterocycles. The summed E-state index contributed by atoms with van der Waals surface area (Å²) in [4.78, 5) is 21.1. The molecule has 0 aliphatic rings. The van der Waals surface area contributed by atoms with Crippen molar-refractivity contribution in [3.63, 3.8) is 0 Å². The summed E-state index contributed by atoms with van der Waals surface area (Å²) in [6.45, 7) is 1.68. The van der Waals surface area contributed by atoms with Crippen molar-refractivity contribution in [1.29, 1.82) is 0 Å². The Bertz CT molecular complexity index is 184. The highest BCUT2D eigenvalue weighted by Crippen LogP contribution is 2.03. The molecule has 0 aromatic carbocycles. The number of ether oxygens (including phenoxy) is 1. The van der Waals surface area contributed by atoms with Gasteiger partial charge in [-0.15, -0.1) is 11.6 Å². The Morgan fingerprint density at radius 2 is 2.17 bits per heavy atom. The summed E-state index contributed by atoms with van der Waals surface area (Å²) in [6, 6.07) is 0. The average Bonchev–Trinajstić information content (AvgIpc) is 2.02. The SMILES string of the molecule is CCOC(=O)[C@@H](O)[C@H](Cl)C(N)=O. The van der Waals surface area contributed by atoms with Gasteiger partial charge in [-0.1, -0.05) is 0 Å². The van der Waals surface area contributed by atoms with Crippen LogP contribution >= 0.6 is 11.6 Å². The normalized spacial score (nSPS) is 14.9. The Morgan fingerprint density at radius 1 is 1.67 bits per heavy atom. The van der Waals surface area contributed by atoms with Crippen molar-refractivity contribution >= 4 is 23.5 Å². The van der Waals surface area contributed by atoms with Crippen molar-refractivity contribution in [2.45, 2.75) is 18.4 Å². The van der Waals surface area contributed by atoms with Gasteiger partial charge in [0, 0.05) is 0 Å². The summed E-state index contributed by atoms with van der Waals surface area (Å²) in [6.07, 6.45) is -1.69. The van der Waals surface area contributed by atoms with Gasteiger partial charge in [0.2, 0.25) is 5.91 Å². The predicted molar refractivity (Wildman–Crippen MR) is 41.5 cm³/mol. The van der Waals surface area contributed by atoms with Crippen molar-refractivity contribution in [2.75, 3.05) is 6.61 Å². The van der Waals surface area contributed by atoms with Crippen LogP contribution in [0.2, 0.25) is 0 Å². The van der Waals surface area contributed by atoms with Crippen LogP contribution in [-0.4, -0.2) is 35.1 Å². The molecule has 0 aromatic rings. The summed E-state index contributed by atoms with van der Waals surface area (Å²) < 4.78 is 4.39. The molecule has 0 spiro atoms. The van der Waals surface area contributed by atoms with Gasteiger partial charge in [0.1, 0.15) is 5.38 Å². The number of carbonyl (C=O) groups is 2. The average molecular weight is 196 g/mol. The lowest BCUT2D eigenvalue weighted by molar-refractivity contribution is -0.154. The van der Waals surface area contributed by atoms with Crippen LogP contribution in [0, 0.1) is 0 Å². The van der Waals surface area contributed by atoms with E-state index in [2.05, 4.69) is 4.74 Å². The van der Waals surface area contributed by atoms with Gasteiger partial charge in [0.15, 0.2) is 6.10 Å². The molecule has 5 nitrogen and oxygen atoms in total. The second-order valence-corrected chi connectivity index (χ2v) is 2.47. The molecule has 0 rings (SSSR count). The number of aliphatic hydroxyl groups is 1. The first-order valence-electron chi connectivity index (χ1n) is 3.28. The highest BCUT2D eigenvalue weighted by atomic mass is 35.5. The molecule has 1 amide bonds. The predicted octanol–water partition coefficient (Wildman–Crippen LogP) is -0.997. The first-order valence-corrected chi connectivity index (χ1v) is 3.72. The van der Waals surface area contributed by atoms with Gasteiger partial charge in [0.05, 0.1) is 6.61 Å². The quantitative estimate of drug-likeness (QED) is 0.445. The van der Waals surface area contributed by atoms with Crippen molar-refractivity contribution in [3.8, 4) is 0 Å². The molecule has 0 radical (unpaired) electrons. The molecule has 0 fully saturated rings. The summed E-state index contributed by atoms with van der Waals surface area (Å²) in [5.74, 6) is -1.91. The lowest BCUT2D eigenvalue weighted by Gasteiger charge is -2.11. The molecule has 2 atom stereocenters. The van der Waals surface area contributed by atoms with Gasteiger partial charge < -0.3 is 15.6 Å². The van der Waals surface area contributed by atoms with Gasteiger partial charge in [-0.05, 0) is 6.92 Å². The Kier molecular flexibility index (Phi) is 4.61. The van der Waals surface area contributed by atoms with E-state index in [-0.39, 0.29) is 6.61 Å². The molecule has 0 aliphatic heterocycles. The number of halogens is 1. The second-order valence-electron chi connectivity index (χ2n) is 2.00. The third-order valence-electron chi connectivity index (χ3n) is 1.08. The minimum atomic E-state index is -1.69. The van der Waals surface area contributed by atoms with Crippen LogP contribution in [0.15, 0.2) is 0 Å². The van der Waals surface area contributed by atoms with Gasteiger partial charge in [-0.3, -0.25) is 4.79 Å². The van der Waals surface area contributed by atoms with E-state index in [4.69, 9.17) is 22.4 Å². The Labute approximate surface area is 74.4 Å². The van der Waals surface area contributed by atoms with Crippen molar-refractivity contribution in [2.24, 2.45) is 5.73 Å². The highest BCUT2D eigenvalue weighted by molar-refractivity contribution is 6.32. The monoisotopic (exact) mass is 195 g/mol. The van der Waals surface area contributed by atoms with Gasteiger partial charge >= 0.3 is 5.97 Å². The van der Waals surface area contributed by atoms with E-state index in [0.717, 1.165) is 0 Å². The van der Waals surface area contributed by atoms with E-state index in [1.807, 2.05) is 0 Å². The standard InChI is InChI=1S/C6H10ClNO4/c1-2-12-6(11)4(9)3(7)5(8)10/h3-4,9H,2H2,1H3,(H2,8,10)/t3-,4-/m0/s1. The van der Waals surface area contributed by atoms with Crippen LogP contribution < -0.4 is 5.73 Å². The van der Waals surface area contributed by atoms with Crippen LogP contribution in [0.5, 0.6) is 0 Å². The smallest absolute Gasteiger partial charge is 0.337 e. The van der Waals surface area contributed by atoms with Crippen LogP contribution in [-0.2, 0) is 14.3 Å². The molecule has 0 saturated heterocycles. The number of rotatable bonds is 4. The van der Waals surface area contributed by atoms with E-state index in [9.17, 15) is 9.59 Å². The van der Waals surface area contributed by atoms with E-state index < -0.39 is 23.4 Å². The highest BCUT2D eigenvalue weighted by Gasteiger charge is 2.29. The summed E-state index contributed by atoms with van der Waals surface area (Å²) in [5.41, 5.74) is 4.73. The van der Waals surface area contributed by atoms with Crippen LogP contribution in [0.25, 0.3) is 0 Å². The van der Waals surface area contributed by atoms with Gasteiger partial charge in [-0.2, -0.15) is 0 Å². The Balaban J connectivity index is 4.09. The lowest BCUT2D eigenvalue weighted by atomic mass is 10.2. The molecule has 12 heavy (non-hydrogen) atoms. The number of hydrogen-bond acceptors (Lipinski definition) is 4. The molecular formula is C6H10ClNO4. The van der Waals surface area contributed by atoms with Gasteiger partial charge in [-0.25, -0.2) is 4.79 Å². The minimum Gasteiger partial charge on any atom is -0.464 e. The van der Waals surface area contributed by atoms with Crippen LogP contribution in [0.3, 0.4) is 0 Å². The molecule has 3 N–H and O–H groups in total. The Hall–Kier alpha value is -0.810. The van der Waals surface area contributed by atoms with E-state index in [0.29, 0.717) is 0 Å². The first-order chi connectivity index (χ1) is 5.50. The molecular weight excluding hydrogens is 186 g/mol. The third kappa shape index (κ3) is 3.06. The molecule has 0 aromatic heterocycles. The summed E-state index contributed by atoms with van der Waals surface area (Å²) in [5, 5.41) is 7.54. The van der Waals surface area contributed by atoms with Gasteiger partial charge in [0.25, 0.3) is 0 Å². The van der Waals surface area contributed by atoms with E-state index in [1.54, 1.807) is 6.92 Å². The topological polar surface area (TPSA) is 89.6 Å². The maximum Gasteiger partial charge on any atom is 0.337 e. The minimum absolute atomic E-state index is 0.109.